The highest BCUT2D eigenvalue weighted by molar-refractivity contribution is 7.90. The highest BCUT2D eigenvalue weighted by Gasteiger charge is 2.28. The van der Waals surface area contributed by atoms with Crippen molar-refractivity contribution in [2.45, 2.75) is 30.1 Å². The number of anilines is 2. The number of ether oxygens (including phenoxy) is 1. The van der Waals surface area contributed by atoms with Crippen molar-refractivity contribution in [2.75, 3.05) is 29.1 Å². The highest BCUT2D eigenvalue weighted by Crippen LogP contribution is 2.32. The van der Waals surface area contributed by atoms with Crippen LogP contribution in [0.1, 0.15) is 12.8 Å². The third kappa shape index (κ3) is 5.40. The number of hydrogen-bond acceptors (Lipinski definition) is 8. The van der Waals surface area contributed by atoms with Crippen molar-refractivity contribution in [1.29, 1.82) is 0 Å². The first kappa shape index (κ1) is 23.7. The molecule has 0 amide bonds. The van der Waals surface area contributed by atoms with Crippen LogP contribution in [-0.4, -0.2) is 55.2 Å². The summed E-state index contributed by atoms with van der Waals surface area (Å²) in [7, 11) is -3.56. The van der Waals surface area contributed by atoms with Crippen molar-refractivity contribution in [1.82, 2.24) is 9.97 Å². The predicted octanol–water partition coefficient (Wildman–Crippen LogP) is 3.46. The average molecular weight is 515 g/mol. The number of allylic oxidation sites excluding steroid dienone is 1. The Labute approximate surface area is 200 Å². The Morgan fingerprint density at radius 2 is 1.85 bits per heavy atom. The van der Waals surface area contributed by atoms with Crippen LogP contribution in [0, 0.1) is 5.82 Å². The fourth-order valence-electron chi connectivity index (χ4n) is 3.61. The number of sulfone groups is 1. The second-order valence-corrected chi connectivity index (χ2v) is 10.6. The lowest BCUT2D eigenvalue weighted by Crippen LogP contribution is -2.38. The summed E-state index contributed by atoms with van der Waals surface area (Å²) in [5.41, 5.74) is -0.0142. The second-order valence-electron chi connectivity index (χ2n) is 7.72. The molecule has 2 aromatic rings. The van der Waals surface area contributed by atoms with Gasteiger partial charge in [0.1, 0.15) is 17.7 Å². The van der Waals surface area contributed by atoms with E-state index in [9.17, 15) is 17.9 Å². The van der Waals surface area contributed by atoms with Crippen LogP contribution in [0.4, 0.5) is 16.0 Å². The van der Waals surface area contributed by atoms with Crippen LogP contribution < -0.4 is 9.80 Å². The van der Waals surface area contributed by atoms with Crippen molar-refractivity contribution in [3.63, 3.8) is 0 Å². The zero-order valence-corrected chi connectivity index (χ0v) is 19.9. The summed E-state index contributed by atoms with van der Waals surface area (Å²) in [4.78, 5) is 11.5. The Morgan fingerprint density at radius 3 is 2.45 bits per heavy atom. The maximum Gasteiger partial charge on any atom is 0.225 e. The molecule has 1 aromatic heterocycles. The lowest BCUT2D eigenvalue weighted by Gasteiger charge is -2.34. The largest absolute Gasteiger partial charge is 0.489 e. The Morgan fingerprint density at radius 1 is 1.18 bits per heavy atom. The molecule has 1 fully saturated rings. The molecule has 4 rings (SSSR count). The smallest absolute Gasteiger partial charge is 0.225 e. The van der Waals surface area contributed by atoms with Gasteiger partial charge >= 0.3 is 0 Å². The molecule has 12 heteroatoms. The lowest BCUT2D eigenvalue weighted by molar-refractivity contribution is 0.0945. The molecule has 0 radical (unpaired) electrons. The summed E-state index contributed by atoms with van der Waals surface area (Å²) in [6, 6.07) is 3.47. The van der Waals surface area contributed by atoms with E-state index in [4.69, 9.17) is 27.9 Å². The van der Waals surface area contributed by atoms with E-state index in [0.717, 1.165) is 12.3 Å². The lowest BCUT2D eigenvalue weighted by atomic mass is 10.1. The fourth-order valence-corrected chi connectivity index (χ4v) is 4.56. The first-order valence-electron chi connectivity index (χ1n) is 10.1. The SMILES string of the molecule is CS(=O)(=O)c1ccc(N2C=C(Cl)C(OC3CCN(c4ncc(Cl)cn4)CC3)=CC2O)c(F)c1. The molecule has 2 aliphatic rings. The van der Waals surface area contributed by atoms with E-state index in [-0.39, 0.29) is 21.7 Å². The number of hydrogen-bond donors (Lipinski definition) is 1. The van der Waals surface area contributed by atoms with Crippen LogP contribution in [0.2, 0.25) is 5.02 Å². The van der Waals surface area contributed by atoms with Gasteiger partial charge in [-0.25, -0.2) is 22.8 Å². The van der Waals surface area contributed by atoms with Crippen LogP contribution in [-0.2, 0) is 14.6 Å². The van der Waals surface area contributed by atoms with Gasteiger partial charge in [0, 0.05) is 44.5 Å². The van der Waals surface area contributed by atoms with Crippen molar-refractivity contribution in [2.24, 2.45) is 0 Å². The molecule has 0 saturated carbocycles. The van der Waals surface area contributed by atoms with Gasteiger partial charge in [-0.1, -0.05) is 23.2 Å². The topological polar surface area (TPSA) is 95.9 Å². The summed E-state index contributed by atoms with van der Waals surface area (Å²) < 4.78 is 43.8. The monoisotopic (exact) mass is 514 g/mol. The Kier molecular flexibility index (Phi) is 6.81. The molecule has 33 heavy (non-hydrogen) atoms. The molecule has 8 nitrogen and oxygen atoms in total. The molecule has 1 saturated heterocycles. The van der Waals surface area contributed by atoms with E-state index in [1.54, 1.807) is 12.4 Å². The number of benzene rings is 1. The van der Waals surface area contributed by atoms with Gasteiger partial charge < -0.3 is 19.6 Å². The molecule has 1 N–H and O–H groups in total. The first-order valence-corrected chi connectivity index (χ1v) is 12.7. The summed E-state index contributed by atoms with van der Waals surface area (Å²) >= 11 is 12.2. The molecule has 3 heterocycles. The van der Waals surface area contributed by atoms with E-state index < -0.39 is 21.9 Å². The molecule has 0 bridgehead atoms. The van der Waals surface area contributed by atoms with E-state index >= 15 is 0 Å². The third-order valence-electron chi connectivity index (χ3n) is 5.32. The van der Waals surface area contributed by atoms with Gasteiger partial charge in [0.2, 0.25) is 5.95 Å². The van der Waals surface area contributed by atoms with Gasteiger partial charge in [0.15, 0.2) is 16.1 Å². The molecular weight excluding hydrogens is 494 g/mol. The second kappa shape index (κ2) is 9.46. The van der Waals surface area contributed by atoms with Crippen molar-refractivity contribution >= 4 is 44.7 Å². The zero-order valence-electron chi connectivity index (χ0n) is 17.5. The number of aliphatic hydroxyl groups is 1. The van der Waals surface area contributed by atoms with Gasteiger partial charge in [-0.15, -0.1) is 0 Å². The quantitative estimate of drug-likeness (QED) is 0.647. The molecule has 1 atom stereocenters. The average Bonchev–Trinajstić information content (AvgIpc) is 2.77. The maximum atomic E-state index is 14.6. The molecule has 1 unspecified atom stereocenters. The van der Waals surface area contributed by atoms with Crippen molar-refractivity contribution in [3.8, 4) is 0 Å². The van der Waals surface area contributed by atoms with Gasteiger partial charge in [0.25, 0.3) is 0 Å². The van der Waals surface area contributed by atoms with Crippen molar-refractivity contribution < 1.29 is 22.7 Å². The highest BCUT2D eigenvalue weighted by atomic mass is 35.5. The van der Waals surface area contributed by atoms with E-state index in [1.165, 1.54) is 29.3 Å². The third-order valence-corrected chi connectivity index (χ3v) is 6.91. The Balaban J connectivity index is 1.41. The van der Waals surface area contributed by atoms with Gasteiger partial charge in [-0.2, -0.15) is 0 Å². The Hall–Kier alpha value is -2.40. The minimum atomic E-state index is -3.56. The van der Waals surface area contributed by atoms with E-state index in [0.29, 0.717) is 42.7 Å². The maximum absolute atomic E-state index is 14.6. The molecule has 0 spiro atoms. The van der Waals surface area contributed by atoms with E-state index in [2.05, 4.69) is 9.97 Å². The number of rotatable bonds is 5. The number of aromatic nitrogens is 2. The van der Waals surface area contributed by atoms with Crippen molar-refractivity contribution in [3.05, 3.63) is 64.5 Å². The summed E-state index contributed by atoms with van der Waals surface area (Å²) in [5, 5.41) is 11.2. The van der Waals surface area contributed by atoms with Crippen LogP contribution in [0.5, 0.6) is 0 Å². The van der Waals surface area contributed by atoms with Crippen LogP contribution in [0.25, 0.3) is 0 Å². The van der Waals surface area contributed by atoms with Crippen LogP contribution in [0.3, 0.4) is 0 Å². The summed E-state index contributed by atoms with van der Waals surface area (Å²) in [6.07, 6.45) is 6.84. The molecule has 1 aromatic carbocycles. The normalized spacial score (nSPS) is 19.8. The number of nitrogens with zero attached hydrogens (tertiary/aromatic N) is 4. The van der Waals surface area contributed by atoms with Crippen LogP contribution >= 0.6 is 23.2 Å². The van der Waals surface area contributed by atoms with Gasteiger partial charge in [0.05, 0.1) is 33.0 Å². The zero-order chi connectivity index (χ0) is 23.8. The van der Waals surface area contributed by atoms with Crippen LogP contribution in [0.15, 0.2) is 58.6 Å². The number of halogens is 3. The summed E-state index contributed by atoms with van der Waals surface area (Å²) in [6.45, 7) is 1.35. The first-order chi connectivity index (χ1) is 15.6. The molecule has 0 aliphatic carbocycles. The fraction of sp³-hybridized carbons (Fsp3) is 0.333. The number of piperidine rings is 1. The minimum Gasteiger partial charge on any atom is -0.489 e. The molecular formula is C21H21Cl2FN4O4S. The minimum absolute atomic E-state index is 0.0142. The van der Waals surface area contributed by atoms with E-state index in [1.807, 2.05) is 4.90 Å². The molecule has 2 aliphatic heterocycles. The van der Waals surface area contributed by atoms with Gasteiger partial charge in [-0.05, 0) is 18.2 Å². The standard InChI is InChI=1S/C21H21Cl2FN4O4S/c1-33(30,31)15-2-3-18(17(24)8-15)28-12-16(23)19(9-20(28)29)32-14-4-6-27(7-5-14)21-25-10-13(22)11-26-21/h2-3,8-12,14,20,29H,4-7H2,1H3. The predicted molar refractivity (Wildman–Crippen MR) is 123 cm³/mol. The van der Waals surface area contributed by atoms with Gasteiger partial charge in [-0.3, -0.25) is 0 Å². The molecule has 176 valence electrons. The number of aliphatic hydroxyl groups excluding tert-OH is 1. The summed E-state index contributed by atoms with van der Waals surface area (Å²) in [5.74, 6) is 0.102. The Bertz CT molecular complexity index is 1200.